The summed E-state index contributed by atoms with van der Waals surface area (Å²) in [5.74, 6) is 0.278. The summed E-state index contributed by atoms with van der Waals surface area (Å²) in [5, 5.41) is 17.7. The molecule has 0 unspecified atom stereocenters. The van der Waals surface area contributed by atoms with E-state index in [1.807, 2.05) is 40.9 Å². The van der Waals surface area contributed by atoms with Crippen LogP contribution in [0.25, 0.3) is 0 Å². The van der Waals surface area contributed by atoms with Crippen LogP contribution in [0.5, 0.6) is 0 Å². The maximum absolute atomic E-state index is 12.4. The molecule has 1 atom stereocenters. The first-order chi connectivity index (χ1) is 13.2. The molecule has 146 valence electrons. The molecular weight excluding hydrogens is 340 g/mol. The standard InChI is InChI=1S/C21H30N4O2/c1-2-25-16-18(15-23-25)14-22-21(27)24-12-10-19(11-13-24)20(26)9-8-17-6-4-3-5-7-17/h3-7,15-16,19-20,26H,2,8-14H2,1H3,(H,22,27)/t20-/m1/s1. The second kappa shape index (κ2) is 9.55. The van der Waals surface area contributed by atoms with Crippen LogP contribution in [0.2, 0.25) is 0 Å². The van der Waals surface area contributed by atoms with E-state index < -0.39 is 0 Å². The Kier molecular flexibility index (Phi) is 6.87. The van der Waals surface area contributed by atoms with E-state index in [1.54, 1.807) is 6.20 Å². The van der Waals surface area contributed by atoms with Gasteiger partial charge in [-0.15, -0.1) is 0 Å². The lowest BCUT2D eigenvalue weighted by atomic mass is 9.88. The van der Waals surface area contributed by atoms with Gasteiger partial charge in [0, 0.05) is 37.9 Å². The number of carbonyl (C=O) groups excluding carboxylic acids is 1. The highest BCUT2D eigenvalue weighted by Gasteiger charge is 2.27. The fourth-order valence-corrected chi connectivity index (χ4v) is 3.64. The molecule has 2 aromatic rings. The van der Waals surface area contributed by atoms with Crippen molar-refractivity contribution in [2.45, 2.75) is 51.8 Å². The summed E-state index contributed by atoms with van der Waals surface area (Å²) in [6.45, 7) is 4.76. The van der Waals surface area contributed by atoms with Gasteiger partial charge in [0.25, 0.3) is 0 Å². The number of piperidine rings is 1. The van der Waals surface area contributed by atoms with Crippen LogP contribution in [0, 0.1) is 5.92 Å². The maximum atomic E-state index is 12.4. The second-order valence-electron chi connectivity index (χ2n) is 7.28. The van der Waals surface area contributed by atoms with Gasteiger partial charge in [-0.25, -0.2) is 4.79 Å². The van der Waals surface area contributed by atoms with Gasteiger partial charge in [-0.05, 0) is 44.1 Å². The highest BCUT2D eigenvalue weighted by Crippen LogP contribution is 2.23. The number of carbonyl (C=O) groups is 1. The molecule has 1 aliphatic rings. The maximum Gasteiger partial charge on any atom is 0.317 e. The largest absolute Gasteiger partial charge is 0.393 e. The summed E-state index contributed by atoms with van der Waals surface area (Å²) in [5.41, 5.74) is 2.27. The molecule has 2 N–H and O–H groups in total. The van der Waals surface area contributed by atoms with E-state index in [0.717, 1.165) is 37.8 Å². The molecule has 0 radical (unpaired) electrons. The first-order valence-corrected chi connectivity index (χ1v) is 9.91. The number of nitrogens with one attached hydrogen (secondary N) is 1. The van der Waals surface area contributed by atoms with Crippen molar-refractivity contribution in [3.63, 3.8) is 0 Å². The molecule has 0 saturated carbocycles. The van der Waals surface area contributed by atoms with Gasteiger partial charge in [0.2, 0.25) is 0 Å². The number of aliphatic hydroxyl groups is 1. The second-order valence-corrected chi connectivity index (χ2v) is 7.28. The minimum absolute atomic E-state index is 0.0310. The molecule has 1 saturated heterocycles. The lowest BCUT2D eigenvalue weighted by molar-refractivity contribution is 0.0610. The fraction of sp³-hybridized carbons (Fsp3) is 0.524. The molecule has 0 bridgehead atoms. The summed E-state index contributed by atoms with van der Waals surface area (Å²) in [6, 6.07) is 10.2. The monoisotopic (exact) mass is 370 g/mol. The van der Waals surface area contributed by atoms with Crippen LogP contribution in [0.3, 0.4) is 0 Å². The molecule has 2 amide bonds. The first-order valence-electron chi connectivity index (χ1n) is 9.91. The molecule has 0 aliphatic carbocycles. The van der Waals surface area contributed by atoms with Gasteiger partial charge in [-0.3, -0.25) is 4.68 Å². The Hall–Kier alpha value is -2.34. The van der Waals surface area contributed by atoms with Crippen molar-refractivity contribution in [1.82, 2.24) is 20.0 Å². The van der Waals surface area contributed by atoms with Crippen molar-refractivity contribution in [2.24, 2.45) is 5.92 Å². The number of likely N-dealkylation sites (tertiary alicyclic amines) is 1. The smallest absolute Gasteiger partial charge is 0.317 e. The molecule has 27 heavy (non-hydrogen) atoms. The fourth-order valence-electron chi connectivity index (χ4n) is 3.64. The van der Waals surface area contributed by atoms with Crippen molar-refractivity contribution in [3.05, 3.63) is 53.9 Å². The predicted octanol–water partition coefficient (Wildman–Crippen LogP) is 2.82. The molecule has 6 nitrogen and oxygen atoms in total. The number of aryl methyl sites for hydroxylation is 2. The van der Waals surface area contributed by atoms with Crippen molar-refractivity contribution < 1.29 is 9.90 Å². The summed E-state index contributed by atoms with van der Waals surface area (Å²) in [6.07, 6.45) is 6.84. The SMILES string of the molecule is CCn1cc(CNC(=O)N2CCC([C@H](O)CCc3ccccc3)CC2)cn1. The highest BCUT2D eigenvalue weighted by molar-refractivity contribution is 5.74. The molecule has 1 aliphatic heterocycles. The van der Waals surface area contributed by atoms with Gasteiger partial charge < -0.3 is 15.3 Å². The van der Waals surface area contributed by atoms with Crippen molar-refractivity contribution >= 4 is 6.03 Å². The summed E-state index contributed by atoms with van der Waals surface area (Å²) in [7, 11) is 0. The Morgan fingerprint density at radius 1 is 1.26 bits per heavy atom. The van der Waals surface area contributed by atoms with Gasteiger partial charge >= 0.3 is 6.03 Å². The van der Waals surface area contributed by atoms with Crippen LogP contribution in [0.15, 0.2) is 42.7 Å². The number of hydrogen-bond donors (Lipinski definition) is 2. The van der Waals surface area contributed by atoms with E-state index in [0.29, 0.717) is 19.6 Å². The minimum atomic E-state index is -0.296. The van der Waals surface area contributed by atoms with E-state index in [1.165, 1.54) is 5.56 Å². The molecule has 2 heterocycles. The van der Waals surface area contributed by atoms with Gasteiger partial charge in [-0.1, -0.05) is 30.3 Å². The lowest BCUT2D eigenvalue weighted by Gasteiger charge is -2.34. The van der Waals surface area contributed by atoms with Crippen LogP contribution >= 0.6 is 0 Å². The van der Waals surface area contributed by atoms with E-state index >= 15 is 0 Å². The van der Waals surface area contributed by atoms with Gasteiger partial charge in [-0.2, -0.15) is 5.10 Å². The van der Waals surface area contributed by atoms with Crippen LogP contribution < -0.4 is 5.32 Å². The number of aliphatic hydroxyl groups excluding tert-OH is 1. The van der Waals surface area contributed by atoms with Crippen LogP contribution in [-0.2, 0) is 19.5 Å². The highest BCUT2D eigenvalue weighted by atomic mass is 16.3. The number of rotatable bonds is 7. The molecule has 1 fully saturated rings. The van der Waals surface area contributed by atoms with Gasteiger partial charge in [0.1, 0.15) is 0 Å². The van der Waals surface area contributed by atoms with Gasteiger partial charge in [0.05, 0.1) is 12.3 Å². The molecular formula is C21H30N4O2. The van der Waals surface area contributed by atoms with Crippen LogP contribution in [0.4, 0.5) is 4.79 Å². The quantitative estimate of drug-likeness (QED) is 0.787. The van der Waals surface area contributed by atoms with E-state index in [9.17, 15) is 9.90 Å². The van der Waals surface area contributed by atoms with Gasteiger partial charge in [0.15, 0.2) is 0 Å². The molecule has 0 spiro atoms. The number of hydrogen-bond acceptors (Lipinski definition) is 3. The third-order valence-corrected chi connectivity index (χ3v) is 5.40. The van der Waals surface area contributed by atoms with E-state index in [-0.39, 0.29) is 18.1 Å². The number of nitrogens with zero attached hydrogens (tertiary/aromatic N) is 3. The lowest BCUT2D eigenvalue weighted by Crippen LogP contribution is -2.45. The zero-order valence-corrected chi connectivity index (χ0v) is 16.1. The summed E-state index contributed by atoms with van der Waals surface area (Å²) in [4.78, 5) is 14.2. The number of benzene rings is 1. The zero-order chi connectivity index (χ0) is 19.1. The molecule has 6 heteroatoms. The minimum Gasteiger partial charge on any atom is -0.393 e. The van der Waals surface area contributed by atoms with E-state index in [4.69, 9.17) is 0 Å². The van der Waals surface area contributed by atoms with Crippen LogP contribution in [0.1, 0.15) is 37.3 Å². The number of amides is 2. The van der Waals surface area contributed by atoms with Crippen molar-refractivity contribution in [1.29, 1.82) is 0 Å². The predicted molar refractivity (Wildman–Crippen MR) is 105 cm³/mol. The Balaban J connectivity index is 1.38. The Labute approximate surface area is 161 Å². The topological polar surface area (TPSA) is 70.4 Å². The average Bonchev–Trinajstić information content (AvgIpc) is 3.19. The van der Waals surface area contributed by atoms with Crippen molar-refractivity contribution in [2.75, 3.05) is 13.1 Å². The molecule has 1 aromatic heterocycles. The Morgan fingerprint density at radius 3 is 2.67 bits per heavy atom. The Morgan fingerprint density at radius 2 is 2.00 bits per heavy atom. The van der Waals surface area contributed by atoms with E-state index in [2.05, 4.69) is 22.5 Å². The van der Waals surface area contributed by atoms with Crippen molar-refractivity contribution in [3.8, 4) is 0 Å². The first kappa shape index (κ1) is 19.4. The molecule has 1 aromatic carbocycles. The average molecular weight is 370 g/mol. The van der Waals surface area contributed by atoms with Crippen LogP contribution in [-0.4, -0.2) is 45.0 Å². The molecule has 3 rings (SSSR count). The number of aromatic nitrogens is 2. The zero-order valence-electron chi connectivity index (χ0n) is 16.1. The third kappa shape index (κ3) is 5.57. The Bertz CT molecular complexity index is 708. The summed E-state index contributed by atoms with van der Waals surface area (Å²) >= 11 is 0. The third-order valence-electron chi connectivity index (χ3n) is 5.40. The summed E-state index contributed by atoms with van der Waals surface area (Å²) < 4.78 is 1.85. The number of urea groups is 1. The normalized spacial score (nSPS) is 16.3.